The molecule has 1 aliphatic heterocycles. The van der Waals surface area contributed by atoms with Gasteiger partial charge in [0, 0.05) is 18.0 Å². The molecule has 2 rings (SSSR count). The maximum Gasteiger partial charge on any atom is 0.233 e. The Balaban J connectivity index is 1.80. The van der Waals surface area contributed by atoms with E-state index in [9.17, 15) is 4.79 Å². The minimum Gasteiger partial charge on any atom is -0.354 e. The summed E-state index contributed by atoms with van der Waals surface area (Å²) in [5.41, 5.74) is 1.30. The molecule has 0 saturated carbocycles. The fraction of sp³-hybridized carbons (Fsp3) is 0.462. The highest BCUT2D eigenvalue weighted by Gasteiger charge is 2.27. The molecule has 1 unspecified atom stereocenters. The zero-order valence-electron chi connectivity index (χ0n) is 10.0. The molecule has 0 aromatic heterocycles. The average molecular weight is 250 g/mol. The molecule has 0 spiro atoms. The van der Waals surface area contributed by atoms with Crippen LogP contribution < -0.4 is 10.6 Å². The zero-order chi connectivity index (χ0) is 12.1. The van der Waals surface area contributed by atoms with Crippen molar-refractivity contribution in [2.75, 3.05) is 19.6 Å². The molecule has 3 nitrogen and oxygen atoms in total. The second-order valence-electron chi connectivity index (χ2n) is 4.06. The number of amides is 1. The maximum absolute atomic E-state index is 11.9. The number of carbonyl (C=O) groups is 1. The summed E-state index contributed by atoms with van der Waals surface area (Å²) in [6.45, 7) is 4.55. The van der Waals surface area contributed by atoms with Crippen LogP contribution in [0.4, 0.5) is 0 Å². The van der Waals surface area contributed by atoms with Crippen LogP contribution in [0.3, 0.4) is 0 Å². The van der Waals surface area contributed by atoms with Crippen molar-refractivity contribution < 1.29 is 4.79 Å². The van der Waals surface area contributed by atoms with Gasteiger partial charge in [-0.25, -0.2) is 0 Å². The number of thioether (sulfide) groups is 1. The Bertz CT molecular complexity index is 370. The first-order valence-corrected chi connectivity index (χ1v) is 6.92. The largest absolute Gasteiger partial charge is 0.354 e. The van der Waals surface area contributed by atoms with Crippen LogP contribution in [0.2, 0.25) is 0 Å². The first kappa shape index (κ1) is 12.5. The predicted octanol–water partition coefficient (Wildman–Crippen LogP) is 1.43. The van der Waals surface area contributed by atoms with Gasteiger partial charge in [-0.15, -0.1) is 11.8 Å². The van der Waals surface area contributed by atoms with E-state index in [-0.39, 0.29) is 11.2 Å². The van der Waals surface area contributed by atoms with E-state index in [1.54, 1.807) is 11.8 Å². The van der Waals surface area contributed by atoms with E-state index >= 15 is 0 Å². The Kier molecular flexibility index (Phi) is 4.45. The fourth-order valence-corrected chi connectivity index (χ4v) is 3.11. The lowest BCUT2D eigenvalue weighted by Crippen LogP contribution is -2.37. The number of rotatable bonds is 5. The van der Waals surface area contributed by atoms with Crippen LogP contribution in [0.5, 0.6) is 0 Å². The van der Waals surface area contributed by atoms with Crippen molar-refractivity contribution in [3.8, 4) is 0 Å². The molecular formula is C13H18N2OS. The van der Waals surface area contributed by atoms with Crippen LogP contribution in [-0.4, -0.2) is 30.8 Å². The summed E-state index contributed by atoms with van der Waals surface area (Å²) in [5, 5.41) is 6.21. The van der Waals surface area contributed by atoms with Crippen LogP contribution in [0.15, 0.2) is 29.2 Å². The van der Waals surface area contributed by atoms with Crippen LogP contribution >= 0.6 is 11.8 Å². The van der Waals surface area contributed by atoms with Crippen molar-refractivity contribution in [3.05, 3.63) is 29.8 Å². The molecule has 0 saturated heterocycles. The number of hydrogen-bond donors (Lipinski definition) is 2. The topological polar surface area (TPSA) is 41.1 Å². The van der Waals surface area contributed by atoms with E-state index in [1.165, 1.54) is 10.5 Å². The van der Waals surface area contributed by atoms with Crippen molar-refractivity contribution in [2.45, 2.75) is 23.5 Å². The van der Waals surface area contributed by atoms with Gasteiger partial charge in [-0.1, -0.05) is 25.1 Å². The van der Waals surface area contributed by atoms with Gasteiger partial charge in [-0.2, -0.15) is 0 Å². The van der Waals surface area contributed by atoms with Crippen molar-refractivity contribution in [1.82, 2.24) is 10.6 Å². The van der Waals surface area contributed by atoms with Crippen molar-refractivity contribution in [2.24, 2.45) is 0 Å². The van der Waals surface area contributed by atoms with Crippen molar-refractivity contribution in [1.29, 1.82) is 0 Å². The van der Waals surface area contributed by atoms with E-state index in [0.717, 1.165) is 19.5 Å². The molecule has 0 fully saturated rings. The molecule has 92 valence electrons. The summed E-state index contributed by atoms with van der Waals surface area (Å²) >= 11 is 1.68. The second kappa shape index (κ2) is 6.07. The number of hydrogen-bond acceptors (Lipinski definition) is 3. The summed E-state index contributed by atoms with van der Waals surface area (Å²) in [4.78, 5) is 13.2. The molecule has 0 radical (unpaired) electrons. The monoisotopic (exact) mass is 250 g/mol. The zero-order valence-corrected chi connectivity index (χ0v) is 10.8. The average Bonchev–Trinajstić information content (AvgIpc) is 2.78. The van der Waals surface area contributed by atoms with Gasteiger partial charge in [0.2, 0.25) is 5.91 Å². The molecule has 1 atom stereocenters. The quantitative estimate of drug-likeness (QED) is 0.777. The lowest BCUT2D eigenvalue weighted by atomic mass is 10.1. The Morgan fingerprint density at radius 3 is 3.00 bits per heavy atom. The SMILES string of the molecule is CCNCCNC(=O)C1Cc2ccccc2S1. The van der Waals surface area contributed by atoms with Crippen molar-refractivity contribution >= 4 is 17.7 Å². The molecule has 1 aromatic rings. The Morgan fingerprint density at radius 2 is 2.24 bits per heavy atom. The van der Waals surface area contributed by atoms with Gasteiger partial charge in [0.05, 0.1) is 5.25 Å². The molecule has 4 heteroatoms. The summed E-state index contributed by atoms with van der Waals surface area (Å²) in [6, 6.07) is 8.25. The Hall–Kier alpha value is -1.00. The highest BCUT2D eigenvalue weighted by molar-refractivity contribution is 8.01. The summed E-state index contributed by atoms with van der Waals surface area (Å²) < 4.78 is 0. The number of carbonyl (C=O) groups excluding carboxylic acids is 1. The number of nitrogens with one attached hydrogen (secondary N) is 2. The lowest BCUT2D eigenvalue weighted by molar-refractivity contribution is -0.120. The van der Waals surface area contributed by atoms with Crippen LogP contribution in [0.1, 0.15) is 12.5 Å². The first-order chi connectivity index (χ1) is 8.31. The van der Waals surface area contributed by atoms with Crippen LogP contribution in [0, 0.1) is 0 Å². The first-order valence-electron chi connectivity index (χ1n) is 6.04. The number of fused-ring (bicyclic) bond motifs is 1. The second-order valence-corrected chi connectivity index (χ2v) is 5.31. The summed E-state index contributed by atoms with van der Waals surface area (Å²) in [7, 11) is 0. The molecular weight excluding hydrogens is 232 g/mol. The standard InChI is InChI=1S/C13H18N2OS/c1-2-14-7-8-15-13(16)12-9-10-5-3-4-6-11(10)17-12/h3-6,12,14H,2,7-9H2,1H3,(H,15,16). The molecule has 1 amide bonds. The van der Waals surface area contributed by atoms with Gasteiger partial charge in [0.25, 0.3) is 0 Å². The molecule has 2 N–H and O–H groups in total. The van der Waals surface area contributed by atoms with E-state index in [2.05, 4.69) is 29.7 Å². The van der Waals surface area contributed by atoms with Gasteiger partial charge < -0.3 is 10.6 Å². The fourth-order valence-electron chi connectivity index (χ4n) is 1.89. The molecule has 1 aliphatic rings. The third-order valence-corrected chi connectivity index (χ3v) is 4.11. The van der Waals surface area contributed by atoms with Gasteiger partial charge in [0.1, 0.15) is 0 Å². The number of likely N-dealkylation sites (N-methyl/N-ethyl adjacent to an activating group) is 1. The highest BCUT2D eigenvalue weighted by atomic mass is 32.2. The normalized spacial score (nSPS) is 17.8. The van der Waals surface area contributed by atoms with Crippen LogP contribution in [0.25, 0.3) is 0 Å². The molecule has 0 aliphatic carbocycles. The Morgan fingerprint density at radius 1 is 1.41 bits per heavy atom. The van der Waals surface area contributed by atoms with Gasteiger partial charge in [-0.3, -0.25) is 4.79 Å². The van der Waals surface area contributed by atoms with E-state index in [0.29, 0.717) is 6.54 Å². The predicted molar refractivity (Wildman–Crippen MR) is 71.3 cm³/mol. The van der Waals surface area contributed by atoms with Gasteiger partial charge in [-0.05, 0) is 24.6 Å². The summed E-state index contributed by atoms with van der Waals surface area (Å²) in [5.74, 6) is 0.157. The molecule has 0 bridgehead atoms. The van der Waals surface area contributed by atoms with Gasteiger partial charge >= 0.3 is 0 Å². The van der Waals surface area contributed by atoms with Crippen LogP contribution in [-0.2, 0) is 11.2 Å². The smallest absolute Gasteiger partial charge is 0.233 e. The lowest BCUT2D eigenvalue weighted by Gasteiger charge is -2.09. The van der Waals surface area contributed by atoms with E-state index in [1.807, 2.05) is 12.1 Å². The maximum atomic E-state index is 11.9. The molecule has 17 heavy (non-hydrogen) atoms. The van der Waals surface area contributed by atoms with Crippen molar-refractivity contribution in [3.63, 3.8) is 0 Å². The minimum atomic E-state index is 0.0500. The van der Waals surface area contributed by atoms with E-state index < -0.39 is 0 Å². The highest BCUT2D eigenvalue weighted by Crippen LogP contribution is 2.36. The summed E-state index contributed by atoms with van der Waals surface area (Å²) in [6.07, 6.45) is 0.855. The molecule has 1 aromatic carbocycles. The van der Waals surface area contributed by atoms with Gasteiger partial charge in [0.15, 0.2) is 0 Å². The van der Waals surface area contributed by atoms with E-state index in [4.69, 9.17) is 0 Å². The third-order valence-electron chi connectivity index (χ3n) is 2.79. The Labute approximate surface area is 106 Å². The minimum absolute atomic E-state index is 0.0500. The third kappa shape index (κ3) is 3.23. The molecule has 1 heterocycles. The number of benzene rings is 1.